The highest BCUT2D eigenvalue weighted by Crippen LogP contribution is 2.28. The Morgan fingerprint density at radius 3 is 2.71 bits per heavy atom. The van der Waals surface area contributed by atoms with Crippen molar-refractivity contribution in [3.05, 3.63) is 26.6 Å². The summed E-state index contributed by atoms with van der Waals surface area (Å²) in [7, 11) is 0. The largest absolute Gasteiger partial charge is 0.326 e. The zero-order valence-corrected chi connectivity index (χ0v) is 9.12. The number of alkyl halides is 2. The van der Waals surface area contributed by atoms with E-state index < -0.39 is 6.43 Å². The summed E-state index contributed by atoms with van der Waals surface area (Å²) in [6.45, 7) is -0.0434. The fourth-order valence-corrected chi connectivity index (χ4v) is 1.61. The first-order valence-corrected chi connectivity index (χ1v) is 4.75. The van der Waals surface area contributed by atoms with Crippen molar-refractivity contribution in [1.29, 1.82) is 5.26 Å². The first-order chi connectivity index (χ1) is 6.61. The first-order valence-electron chi connectivity index (χ1n) is 3.67. The van der Waals surface area contributed by atoms with E-state index in [2.05, 4.69) is 4.98 Å². The number of nitrogens with two attached hydrogens (primary N) is 1. The van der Waals surface area contributed by atoms with Gasteiger partial charge in [0, 0.05) is 18.3 Å². The Hall–Kier alpha value is -0.810. The van der Waals surface area contributed by atoms with Gasteiger partial charge in [0.1, 0.15) is 9.77 Å². The Morgan fingerprint density at radius 1 is 1.64 bits per heavy atom. The maximum atomic E-state index is 12.6. The average Bonchev–Trinajstić information content (AvgIpc) is 2.17. The van der Waals surface area contributed by atoms with Gasteiger partial charge in [0.15, 0.2) is 0 Å². The van der Waals surface area contributed by atoms with E-state index in [1.54, 1.807) is 28.7 Å². The second-order valence-corrected chi connectivity index (χ2v) is 3.50. The number of rotatable bonds is 2. The normalized spacial score (nSPS) is 10.3. The molecule has 1 aromatic heterocycles. The molecule has 0 saturated carbocycles. The zero-order valence-electron chi connectivity index (χ0n) is 6.97. The lowest BCUT2D eigenvalue weighted by Crippen LogP contribution is -2.07. The Labute approximate surface area is 93.1 Å². The summed E-state index contributed by atoms with van der Waals surface area (Å²) in [6.07, 6.45) is -1.41. The van der Waals surface area contributed by atoms with Crippen molar-refractivity contribution in [1.82, 2.24) is 4.98 Å². The zero-order chi connectivity index (χ0) is 10.7. The van der Waals surface area contributed by atoms with Gasteiger partial charge in [-0.15, -0.1) is 0 Å². The fraction of sp³-hybridized carbons (Fsp3) is 0.250. The molecule has 0 spiro atoms. The topological polar surface area (TPSA) is 62.7 Å². The third-order valence-electron chi connectivity index (χ3n) is 1.71. The molecule has 0 aliphatic heterocycles. The molecule has 14 heavy (non-hydrogen) atoms. The van der Waals surface area contributed by atoms with Crippen molar-refractivity contribution < 1.29 is 8.78 Å². The minimum atomic E-state index is -2.69. The van der Waals surface area contributed by atoms with Crippen LogP contribution in [0.3, 0.4) is 0 Å². The molecule has 0 unspecified atom stereocenters. The van der Waals surface area contributed by atoms with E-state index >= 15 is 0 Å². The average molecular weight is 309 g/mol. The van der Waals surface area contributed by atoms with Gasteiger partial charge in [-0.2, -0.15) is 5.26 Å². The van der Waals surface area contributed by atoms with Crippen LogP contribution in [-0.4, -0.2) is 4.98 Å². The quantitative estimate of drug-likeness (QED) is 0.671. The molecule has 0 saturated heterocycles. The molecule has 0 aromatic carbocycles. The summed E-state index contributed by atoms with van der Waals surface area (Å²) >= 11 is 1.74. The van der Waals surface area contributed by atoms with Crippen LogP contribution in [0.2, 0.25) is 0 Å². The van der Waals surface area contributed by atoms with Crippen molar-refractivity contribution in [2.24, 2.45) is 5.73 Å². The van der Waals surface area contributed by atoms with Crippen LogP contribution in [0.25, 0.3) is 0 Å². The summed E-state index contributed by atoms with van der Waals surface area (Å²) in [5.74, 6) is 0. The lowest BCUT2D eigenvalue weighted by atomic mass is 10.1. The molecule has 3 nitrogen and oxygen atoms in total. The molecule has 0 bridgehead atoms. The monoisotopic (exact) mass is 309 g/mol. The molecule has 0 aliphatic carbocycles. The SMILES string of the molecule is N#Cc1c(I)ncc(CN)c1C(F)F. The number of pyridine rings is 1. The third kappa shape index (κ3) is 1.99. The maximum Gasteiger partial charge on any atom is 0.265 e. The van der Waals surface area contributed by atoms with Crippen LogP contribution in [0.5, 0.6) is 0 Å². The fourth-order valence-electron chi connectivity index (χ4n) is 1.06. The Balaban J connectivity index is 3.46. The highest BCUT2D eigenvalue weighted by Gasteiger charge is 2.20. The van der Waals surface area contributed by atoms with Crippen LogP contribution in [0.1, 0.15) is 23.1 Å². The summed E-state index contributed by atoms with van der Waals surface area (Å²) in [5.41, 5.74) is 5.12. The predicted octanol–water partition coefficient (Wildman–Crippen LogP) is 1.95. The molecule has 0 amide bonds. The second kappa shape index (κ2) is 4.61. The van der Waals surface area contributed by atoms with Gasteiger partial charge in [-0.3, -0.25) is 0 Å². The van der Waals surface area contributed by atoms with Gasteiger partial charge in [0.05, 0.1) is 5.56 Å². The molecule has 0 radical (unpaired) electrons. The molecule has 2 N–H and O–H groups in total. The number of nitrogens with zero attached hydrogens (tertiary/aromatic N) is 2. The summed E-state index contributed by atoms with van der Waals surface area (Å²) in [6, 6.07) is 1.71. The first kappa shape index (κ1) is 11.3. The van der Waals surface area contributed by atoms with Crippen molar-refractivity contribution in [3.8, 4) is 6.07 Å². The van der Waals surface area contributed by atoms with Crippen molar-refractivity contribution in [2.45, 2.75) is 13.0 Å². The van der Waals surface area contributed by atoms with Gasteiger partial charge in [-0.05, 0) is 28.2 Å². The van der Waals surface area contributed by atoms with Gasteiger partial charge in [-0.1, -0.05) is 0 Å². The number of halogens is 3. The summed E-state index contributed by atoms with van der Waals surface area (Å²) < 4.78 is 25.5. The lowest BCUT2D eigenvalue weighted by molar-refractivity contribution is 0.149. The van der Waals surface area contributed by atoms with E-state index in [0.717, 1.165) is 0 Å². The van der Waals surface area contributed by atoms with Crippen molar-refractivity contribution >= 4 is 22.6 Å². The summed E-state index contributed by atoms with van der Waals surface area (Å²) in [5, 5.41) is 8.70. The molecular weight excluding hydrogens is 303 g/mol. The molecular formula is C8H6F2IN3. The lowest BCUT2D eigenvalue weighted by Gasteiger charge is -2.08. The molecule has 1 heterocycles. The summed E-state index contributed by atoms with van der Waals surface area (Å²) in [4.78, 5) is 3.81. The van der Waals surface area contributed by atoms with E-state index in [1.807, 2.05) is 0 Å². The predicted molar refractivity (Wildman–Crippen MR) is 54.5 cm³/mol. The number of hydrogen-bond donors (Lipinski definition) is 1. The van der Waals surface area contributed by atoms with Crippen molar-refractivity contribution in [2.75, 3.05) is 0 Å². The Morgan fingerprint density at radius 2 is 2.29 bits per heavy atom. The van der Waals surface area contributed by atoms with E-state index in [0.29, 0.717) is 0 Å². The van der Waals surface area contributed by atoms with E-state index in [4.69, 9.17) is 11.0 Å². The van der Waals surface area contributed by atoms with Crippen LogP contribution in [0, 0.1) is 15.0 Å². The van der Waals surface area contributed by atoms with Crippen LogP contribution in [0.4, 0.5) is 8.78 Å². The Bertz CT molecular complexity index is 387. The standard InChI is InChI=1S/C8H6F2IN3/c9-7(10)6-4(1-12)3-14-8(11)5(6)2-13/h3,7H,1,12H2. The molecule has 74 valence electrons. The number of aromatic nitrogens is 1. The van der Waals surface area contributed by atoms with E-state index in [9.17, 15) is 8.78 Å². The molecule has 0 fully saturated rings. The Kier molecular flexibility index (Phi) is 3.71. The van der Waals surface area contributed by atoms with Gasteiger partial charge >= 0.3 is 0 Å². The van der Waals surface area contributed by atoms with Crippen molar-refractivity contribution in [3.63, 3.8) is 0 Å². The van der Waals surface area contributed by atoms with Crippen LogP contribution in [0.15, 0.2) is 6.20 Å². The molecule has 1 rings (SSSR count). The minimum Gasteiger partial charge on any atom is -0.326 e. The highest BCUT2D eigenvalue weighted by molar-refractivity contribution is 14.1. The van der Waals surface area contributed by atoms with Crippen LogP contribution in [-0.2, 0) is 6.54 Å². The smallest absolute Gasteiger partial charge is 0.265 e. The van der Waals surface area contributed by atoms with Gasteiger partial charge < -0.3 is 5.73 Å². The van der Waals surface area contributed by atoms with E-state index in [-0.39, 0.29) is 26.9 Å². The van der Waals surface area contributed by atoms with Crippen LogP contribution >= 0.6 is 22.6 Å². The van der Waals surface area contributed by atoms with Gasteiger partial charge in [0.25, 0.3) is 6.43 Å². The second-order valence-electron chi connectivity index (χ2n) is 2.48. The molecule has 6 heteroatoms. The minimum absolute atomic E-state index is 0.0434. The van der Waals surface area contributed by atoms with E-state index in [1.165, 1.54) is 6.20 Å². The third-order valence-corrected chi connectivity index (χ3v) is 2.52. The van der Waals surface area contributed by atoms with Gasteiger partial charge in [-0.25, -0.2) is 13.8 Å². The maximum absolute atomic E-state index is 12.6. The molecule has 1 aromatic rings. The number of nitriles is 1. The molecule has 0 aliphatic rings. The highest BCUT2D eigenvalue weighted by atomic mass is 127. The van der Waals surface area contributed by atoms with Crippen LogP contribution < -0.4 is 5.73 Å². The number of hydrogen-bond acceptors (Lipinski definition) is 3. The molecule has 0 atom stereocenters. The van der Waals surface area contributed by atoms with Gasteiger partial charge in [0.2, 0.25) is 0 Å².